The number of rotatable bonds is 2. The number of hydrogen-bond donors (Lipinski definition) is 0. The minimum absolute atomic E-state index is 0.284. The molecule has 0 fully saturated rings. The van der Waals surface area contributed by atoms with Crippen LogP contribution < -0.4 is 0 Å². The summed E-state index contributed by atoms with van der Waals surface area (Å²) in [7, 11) is 0. The van der Waals surface area contributed by atoms with Gasteiger partial charge in [0.25, 0.3) is 0 Å². The molecule has 0 atom stereocenters. The highest BCUT2D eigenvalue weighted by Gasteiger charge is 1.85. The summed E-state index contributed by atoms with van der Waals surface area (Å²) in [6, 6.07) is 19.8. The van der Waals surface area contributed by atoms with E-state index in [9.17, 15) is 0 Å². The molecule has 0 nitrogen and oxygen atoms in total. The van der Waals surface area contributed by atoms with Crippen LogP contribution in [0.25, 0.3) is 12.2 Å². The molecular weight excluding hydrogens is 343 g/mol. The van der Waals surface area contributed by atoms with Gasteiger partial charge in [-0.05, 0) is 28.3 Å². The molecule has 19 heavy (non-hydrogen) atoms. The van der Waals surface area contributed by atoms with Crippen molar-refractivity contribution in [2.75, 3.05) is 0 Å². The van der Waals surface area contributed by atoms with E-state index in [4.69, 9.17) is 23.2 Å². The van der Waals surface area contributed by atoms with Crippen molar-refractivity contribution in [3.63, 3.8) is 0 Å². The van der Waals surface area contributed by atoms with E-state index >= 15 is 0 Å². The lowest BCUT2D eigenvalue weighted by Crippen LogP contribution is -1.67. The highest BCUT2D eigenvalue weighted by Crippen LogP contribution is 2.12. The first kappa shape index (κ1) is 16.0. The van der Waals surface area contributed by atoms with Crippen LogP contribution in [0.5, 0.6) is 0 Å². The molecule has 0 aliphatic heterocycles. The smallest absolute Gasteiger partial charge is 0.0709 e. The molecule has 3 heteroatoms. The van der Waals surface area contributed by atoms with Crippen LogP contribution in [-0.2, 0) is 0 Å². The third-order valence-corrected chi connectivity index (χ3v) is 2.61. The van der Waals surface area contributed by atoms with Crippen molar-refractivity contribution < 1.29 is 0 Å². The van der Waals surface area contributed by atoms with Crippen LogP contribution >= 0.6 is 39.1 Å². The Morgan fingerprint density at radius 2 is 1.26 bits per heavy atom. The monoisotopic (exact) mass is 354 g/mol. The van der Waals surface area contributed by atoms with Crippen molar-refractivity contribution >= 4 is 51.3 Å². The molecule has 0 unspecified atom stereocenters. The zero-order valence-electron chi connectivity index (χ0n) is 10.1. The molecule has 0 amide bonds. The van der Waals surface area contributed by atoms with Gasteiger partial charge in [-0.3, -0.25) is 0 Å². The molecular formula is C16H13BrCl2. The second-order valence-corrected chi connectivity index (χ2v) is 5.08. The molecule has 0 radical (unpaired) electrons. The Morgan fingerprint density at radius 3 is 1.68 bits per heavy atom. The van der Waals surface area contributed by atoms with Crippen molar-refractivity contribution in [3.8, 4) is 0 Å². The molecule has 2 aromatic rings. The van der Waals surface area contributed by atoms with Gasteiger partial charge in [-0.1, -0.05) is 99.8 Å². The molecule has 0 aliphatic carbocycles. The third-order valence-electron chi connectivity index (χ3n) is 2.13. The minimum atomic E-state index is 0.284. The summed E-state index contributed by atoms with van der Waals surface area (Å²) < 4.78 is 0.284. The average molecular weight is 356 g/mol. The van der Waals surface area contributed by atoms with Gasteiger partial charge in [-0.15, -0.1) is 0 Å². The van der Waals surface area contributed by atoms with Gasteiger partial charge in [0.05, 0.1) is 0 Å². The van der Waals surface area contributed by atoms with E-state index in [1.807, 2.05) is 59.6 Å². The van der Waals surface area contributed by atoms with Crippen molar-refractivity contribution in [3.05, 3.63) is 81.3 Å². The maximum atomic E-state index is 5.44. The number of benzene rings is 2. The first-order valence-corrected chi connectivity index (χ1v) is 7.29. The Kier molecular flexibility index (Phi) is 8.31. The summed E-state index contributed by atoms with van der Waals surface area (Å²) in [6.07, 6.45) is 3.70. The van der Waals surface area contributed by atoms with E-state index < -0.39 is 0 Å². The van der Waals surface area contributed by atoms with Gasteiger partial charge >= 0.3 is 0 Å². The highest BCUT2D eigenvalue weighted by atomic mass is 79.9. The van der Waals surface area contributed by atoms with E-state index in [0.717, 1.165) is 5.56 Å². The molecule has 0 aliphatic rings. The Hall–Kier alpha value is -1.02. The van der Waals surface area contributed by atoms with Crippen molar-refractivity contribution in [1.82, 2.24) is 0 Å². The predicted octanol–water partition coefficient (Wildman–Crippen LogP) is 6.51. The molecule has 0 N–H and O–H groups in total. The lowest BCUT2D eigenvalue weighted by atomic mass is 10.2. The van der Waals surface area contributed by atoms with Gasteiger partial charge in [0.15, 0.2) is 0 Å². The van der Waals surface area contributed by atoms with E-state index in [1.54, 1.807) is 6.08 Å². The maximum Gasteiger partial charge on any atom is 0.107 e. The molecule has 2 aromatic carbocycles. The predicted molar refractivity (Wildman–Crippen MR) is 90.5 cm³/mol. The summed E-state index contributed by atoms with van der Waals surface area (Å²) in [4.78, 5) is 1.85. The van der Waals surface area contributed by atoms with Crippen molar-refractivity contribution in [2.24, 2.45) is 0 Å². The fourth-order valence-corrected chi connectivity index (χ4v) is 1.87. The first-order chi connectivity index (χ1) is 9.22. The van der Waals surface area contributed by atoms with Crippen LogP contribution in [0.2, 0.25) is 0 Å². The Balaban J connectivity index is 0.000000191. The van der Waals surface area contributed by atoms with E-state index in [-0.39, 0.29) is 4.49 Å². The lowest BCUT2D eigenvalue weighted by molar-refractivity contribution is 1.66. The van der Waals surface area contributed by atoms with Crippen LogP contribution in [0.1, 0.15) is 11.1 Å². The van der Waals surface area contributed by atoms with Crippen LogP contribution in [0, 0.1) is 0 Å². The van der Waals surface area contributed by atoms with Crippen LogP contribution in [0.15, 0.2) is 70.1 Å². The molecule has 0 aromatic heterocycles. The normalized spacial score (nSPS) is 9.63. The molecule has 0 saturated carbocycles. The fraction of sp³-hybridized carbons (Fsp3) is 0. The fourth-order valence-electron chi connectivity index (χ4n) is 1.31. The molecule has 0 saturated heterocycles. The molecule has 0 heterocycles. The number of halogens is 3. The van der Waals surface area contributed by atoms with Gasteiger partial charge in [0, 0.05) is 0 Å². The van der Waals surface area contributed by atoms with E-state index in [1.165, 1.54) is 5.56 Å². The Morgan fingerprint density at radius 1 is 0.789 bits per heavy atom. The van der Waals surface area contributed by atoms with Gasteiger partial charge in [-0.25, -0.2) is 0 Å². The van der Waals surface area contributed by atoms with Crippen LogP contribution in [0.4, 0.5) is 0 Å². The summed E-state index contributed by atoms with van der Waals surface area (Å²) >= 11 is 14.1. The van der Waals surface area contributed by atoms with Gasteiger partial charge in [0.2, 0.25) is 0 Å². The molecule has 0 spiro atoms. The Labute approximate surface area is 132 Å². The second kappa shape index (κ2) is 9.85. The SMILES string of the molecule is BrC=Cc1ccccc1.ClC(Cl)=Cc1ccccc1. The minimum Gasteiger partial charge on any atom is -0.0709 e. The van der Waals surface area contributed by atoms with Gasteiger partial charge in [-0.2, -0.15) is 0 Å². The number of hydrogen-bond acceptors (Lipinski definition) is 0. The quantitative estimate of drug-likeness (QED) is 0.575. The zero-order valence-corrected chi connectivity index (χ0v) is 13.2. The molecule has 2 rings (SSSR count). The average Bonchev–Trinajstić information content (AvgIpc) is 2.41. The van der Waals surface area contributed by atoms with E-state index in [2.05, 4.69) is 28.1 Å². The van der Waals surface area contributed by atoms with Crippen LogP contribution in [0.3, 0.4) is 0 Å². The second-order valence-electron chi connectivity index (χ2n) is 3.55. The van der Waals surface area contributed by atoms with Crippen LogP contribution in [-0.4, -0.2) is 0 Å². The van der Waals surface area contributed by atoms with E-state index in [0.29, 0.717) is 0 Å². The molecule has 98 valence electrons. The zero-order chi connectivity index (χ0) is 13.9. The first-order valence-electron chi connectivity index (χ1n) is 5.62. The maximum absolute atomic E-state index is 5.44. The van der Waals surface area contributed by atoms with Gasteiger partial charge < -0.3 is 0 Å². The third kappa shape index (κ3) is 7.89. The standard InChI is InChI=1S/C8H7Br.C8H6Cl2/c9-7-6-8-4-2-1-3-5-8;9-8(10)6-7-4-2-1-3-5-7/h1-7H;1-6H. The topological polar surface area (TPSA) is 0 Å². The van der Waals surface area contributed by atoms with Crippen molar-refractivity contribution in [2.45, 2.75) is 0 Å². The summed E-state index contributed by atoms with van der Waals surface area (Å²) in [5.74, 6) is 0. The van der Waals surface area contributed by atoms with Gasteiger partial charge in [0.1, 0.15) is 4.49 Å². The summed E-state index contributed by atoms with van der Waals surface area (Å²) in [5, 5.41) is 0. The Bertz CT molecular complexity index is 515. The highest BCUT2D eigenvalue weighted by molar-refractivity contribution is 9.11. The summed E-state index contributed by atoms with van der Waals surface area (Å²) in [6.45, 7) is 0. The molecule has 0 bridgehead atoms. The lowest BCUT2D eigenvalue weighted by Gasteiger charge is -1.88. The summed E-state index contributed by atoms with van der Waals surface area (Å²) in [5.41, 5.74) is 2.23. The van der Waals surface area contributed by atoms with Crippen molar-refractivity contribution in [1.29, 1.82) is 0 Å². The largest absolute Gasteiger partial charge is 0.107 e.